The molecular formula is C16H26O4. The van der Waals surface area contributed by atoms with E-state index < -0.39 is 37.1 Å². The highest BCUT2D eigenvalue weighted by Gasteiger charge is 2.71. The Kier molecular flexibility index (Phi) is 2.13. The summed E-state index contributed by atoms with van der Waals surface area (Å²) in [6.07, 6.45) is 1.37. The van der Waals surface area contributed by atoms with E-state index in [1.165, 1.54) is 6.08 Å². The van der Waals surface area contributed by atoms with Crippen LogP contribution in [0.5, 0.6) is 0 Å². The normalized spacial score (nSPS) is 55.8. The maximum absolute atomic E-state index is 10.3. The van der Waals surface area contributed by atoms with Gasteiger partial charge in [-0.2, -0.15) is 0 Å². The van der Waals surface area contributed by atoms with Gasteiger partial charge in [-0.3, -0.25) is 0 Å². The maximum Gasteiger partial charge on any atom is 0.101 e. The van der Waals surface area contributed by atoms with Crippen molar-refractivity contribution >= 4 is 0 Å². The van der Waals surface area contributed by atoms with Crippen LogP contribution in [-0.4, -0.2) is 48.3 Å². The number of hydrogen-bond acceptors (Lipinski definition) is 4. The number of methoxy groups -OCH3 is 1. The third kappa shape index (κ3) is 2.23. The number of allylic oxidation sites excluding steroid dienone is 1. The summed E-state index contributed by atoms with van der Waals surface area (Å²) < 4.78 is 61.9. The Labute approximate surface area is 129 Å². The van der Waals surface area contributed by atoms with E-state index in [0.717, 1.165) is 6.42 Å². The fraction of sp³-hybridized carbons (Fsp3) is 0.875. The van der Waals surface area contributed by atoms with Gasteiger partial charge >= 0.3 is 0 Å². The second-order valence-electron chi connectivity index (χ2n) is 6.28. The lowest BCUT2D eigenvalue weighted by Gasteiger charge is -2.41. The van der Waals surface area contributed by atoms with Crippen LogP contribution in [0.3, 0.4) is 0 Å². The van der Waals surface area contributed by atoms with Crippen LogP contribution in [0.1, 0.15) is 48.1 Å². The third-order valence-corrected chi connectivity index (χ3v) is 5.06. The first-order valence-corrected chi connectivity index (χ1v) is 7.09. The molecular weight excluding hydrogens is 256 g/mol. The van der Waals surface area contributed by atoms with Crippen LogP contribution >= 0.6 is 0 Å². The Hall–Kier alpha value is -0.420. The zero-order valence-corrected chi connectivity index (χ0v) is 11.9. The van der Waals surface area contributed by atoms with Gasteiger partial charge in [0.1, 0.15) is 5.60 Å². The van der Waals surface area contributed by atoms with Crippen LogP contribution in [0.2, 0.25) is 0 Å². The van der Waals surface area contributed by atoms with Crippen molar-refractivity contribution in [2.75, 3.05) is 13.7 Å². The highest BCUT2D eigenvalue weighted by molar-refractivity contribution is 5.20. The van der Waals surface area contributed by atoms with Crippen LogP contribution < -0.4 is 0 Å². The SMILES string of the molecule is [2H]C([2H])([2H])C(=CC[C@H]1OC1(C)[C@H]1[C@H](OC)[C@H](O)CC[C@]12CO2)C([2H])([2H])[2H]. The van der Waals surface area contributed by atoms with Crippen LogP contribution in [0.25, 0.3) is 0 Å². The lowest BCUT2D eigenvalue weighted by atomic mass is 9.68. The van der Waals surface area contributed by atoms with Crippen molar-refractivity contribution in [2.45, 2.75) is 69.4 Å². The lowest BCUT2D eigenvalue weighted by molar-refractivity contribution is -0.116. The molecule has 6 atom stereocenters. The van der Waals surface area contributed by atoms with Crippen LogP contribution in [0, 0.1) is 5.92 Å². The topological polar surface area (TPSA) is 54.5 Å². The first kappa shape index (κ1) is 8.89. The van der Waals surface area contributed by atoms with E-state index in [2.05, 4.69) is 0 Å². The molecule has 0 amide bonds. The second-order valence-corrected chi connectivity index (χ2v) is 6.28. The minimum atomic E-state index is -2.67. The van der Waals surface area contributed by atoms with Crippen molar-refractivity contribution in [1.82, 2.24) is 0 Å². The smallest absolute Gasteiger partial charge is 0.101 e. The number of aliphatic hydroxyl groups excluding tert-OH is 1. The number of epoxide rings is 2. The van der Waals surface area contributed by atoms with Crippen LogP contribution in [0.15, 0.2) is 11.6 Å². The van der Waals surface area contributed by atoms with Gasteiger partial charge in [-0.15, -0.1) is 0 Å². The molecule has 1 N–H and O–H groups in total. The van der Waals surface area contributed by atoms with Gasteiger partial charge < -0.3 is 19.3 Å². The Bertz CT molecular complexity index is 566. The predicted octanol–water partition coefficient (Wildman–Crippen LogP) is 2.06. The van der Waals surface area contributed by atoms with Gasteiger partial charge in [0.25, 0.3) is 0 Å². The Morgan fingerprint density at radius 2 is 2.30 bits per heavy atom. The molecule has 1 spiro atoms. The molecule has 0 aromatic heterocycles. The van der Waals surface area contributed by atoms with Crippen molar-refractivity contribution in [3.05, 3.63) is 11.6 Å². The van der Waals surface area contributed by atoms with Gasteiger partial charge in [-0.1, -0.05) is 11.6 Å². The molecule has 0 bridgehead atoms. The first-order chi connectivity index (χ1) is 11.8. The molecule has 1 saturated carbocycles. The first-order valence-electron chi connectivity index (χ1n) is 10.1. The quantitative estimate of drug-likeness (QED) is 0.635. The average molecular weight is 288 g/mol. The molecule has 0 radical (unpaired) electrons. The number of hydrogen-bond donors (Lipinski definition) is 1. The molecule has 114 valence electrons. The molecule has 0 aromatic rings. The molecule has 20 heavy (non-hydrogen) atoms. The zero-order chi connectivity index (χ0) is 19.5. The van der Waals surface area contributed by atoms with Crippen molar-refractivity contribution in [3.63, 3.8) is 0 Å². The van der Waals surface area contributed by atoms with Gasteiger partial charge in [0.2, 0.25) is 0 Å². The molecule has 3 rings (SSSR count). The summed E-state index contributed by atoms with van der Waals surface area (Å²) in [5.74, 6) is -0.189. The van der Waals surface area contributed by atoms with Gasteiger partial charge in [0, 0.05) is 15.3 Å². The maximum atomic E-state index is 10.3. The van der Waals surface area contributed by atoms with Crippen molar-refractivity contribution in [3.8, 4) is 0 Å². The molecule has 0 aromatic carbocycles. The monoisotopic (exact) mass is 288 g/mol. The van der Waals surface area contributed by atoms with Crippen LogP contribution in [-0.2, 0) is 14.2 Å². The van der Waals surface area contributed by atoms with Crippen LogP contribution in [0.4, 0.5) is 0 Å². The third-order valence-electron chi connectivity index (χ3n) is 5.06. The minimum absolute atomic E-state index is 0.182. The summed E-state index contributed by atoms with van der Waals surface area (Å²) in [4.78, 5) is 0. The summed E-state index contributed by atoms with van der Waals surface area (Å²) in [5.41, 5.74) is -1.56. The fourth-order valence-electron chi connectivity index (χ4n) is 3.84. The second kappa shape index (κ2) is 4.80. The molecule has 4 heteroatoms. The number of rotatable bonds is 4. The molecule has 2 saturated heterocycles. The summed E-state index contributed by atoms with van der Waals surface area (Å²) in [5, 5.41) is 10.3. The average Bonchev–Trinajstić information content (AvgIpc) is 3.38. The predicted molar refractivity (Wildman–Crippen MR) is 75.5 cm³/mol. The van der Waals surface area contributed by atoms with Gasteiger partial charge in [-0.25, -0.2) is 0 Å². The summed E-state index contributed by atoms with van der Waals surface area (Å²) >= 11 is 0. The molecule has 1 aliphatic carbocycles. The molecule has 2 heterocycles. The van der Waals surface area contributed by atoms with E-state index in [1.807, 2.05) is 6.92 Å². The standard InChI is InChI=1S/C16H26O4/c1-10(2)5-6-12-15(3,20-12)14-13(18-4)11(17)7-8-16(14)9-19-16/h5,11-14,17H,6-9H2,1-4H3/t11-,12-,13-,14-,15?,16+/m1/s1/i1D3,2D3. The van der Waals surface area contributed by atoms with E-state index in [9.17, 15) is 5.11 Å². The Morgan fingerprint density at radius 1 is 1.55 bits per heavy atom. The number of aliphatic hydroxyl groups is 1. The highest BCUT2D eigenvalue weighted by Crippen LogP contribution is 2.59. The highest BCUT2D eigenvalue weighted by atomic mass is 16.6. The zero-order valence-electron chi connectivity index (χ0n) is 17.9. The number of ether oxygens (including phenoxy) is 3. The van der Waals surface area contributed by atoms with E-state index in [0.29, 0.717) is 13.0 Å². The van der Waals surface area contributed by atoms with Gasteiger partial charge in [0.05, 0.1) is 36.4 Å². The van der Waals surface area contributed by atoms with Gasteiger partial charge in [0.15, 0.2) is 0 Å². The Balaban J connectivity index is 1.78. The van der Waals surface area contributed by atoms with Crippen molar-refractivity contribution in [1.29, 1.82) is 0 Å². The van der Waals surface area contributed by atoms with E-state index in [4.69, 9.17) is 22.4 Å². The Morgan fingerprint density at radius 3 is 2.90 bits per heavy atom. The van der Waals surface area contributed by atoms with E-state index in [-0.39, 0.29) is 24.0 Å². The lowest BCUT2D eigenvalue weighted by Crippen LogP contribution is -2.54. The van der Waals surface area contributed by atoms with Crippen molar-refractivity contribution < 1.29 is 27.5 Å². The largest absolute Gasteiger partial charge is 0.390 e. The summed E-state index contributed by atoms with van der Waals surface area (Å²) in [7, 11) is 1.55. The minimum Gasteiger partial charge on any atom is -0.390 e. The molecule has 3 fully saturated rings. The molecule has 2 aliphatic heterocycles. The fourth-order valence-corrected chi connectivity index (χ4v) is 3.84. The van der Waals surface area contributed by atoms with E-state index >= 15 is 0 Å². The van der Waals surface area contributed by atoms with Crippen molar-refractivity contribution in [2.24, 2.45) is 5.92 Å². The van der Waals surface area contributed by atoms with E-state index in [1.54, 1.807) is 7.11 Å². The summed E-state index contributed by atoms with van der Waals surface area (Å²) in [6.45, 7) is -2.86. The van der Waals surface area contributed by atoms with Gasteiger partial charge in [-0.05, 0) is 39.9 Å². The molecule has 4 nitrogen and oxygen atoms in total. The summed E-state index contributed by atoms with van der Waals surface area (Å²) in [6, 6.07) is 0. The molecule has 1 unspecified atom stereocenters. The molecule has 3 aliphatic rings.